The molecule has 138 valence electrons. The van der Waals surface area contributed by atoms with Crippen LogP contribution < -0.4 is 5.32 Å². The summed E-state index contributed by atoms with van der Waals surface area (Å²) in [6.45, 7) is 0. The molecule has 3 rings (SSSR count). The summed E-state index contributed by atoms with van der Waals surface area (Å²) in [6.07, 6.45) is -4.94. The Morgan fingerprint density at radius 2 is 1.59 bits per heavy atom. The molecule has 1 aliphatic rings. The predicted octanol–water partition coefficient (Wildman–Crippen LogP) is 4.56. The zero-order chi connectivity index (χ0) is 19.9. The molecule has 0 saturated carbocycles. The number of carbonyl (C=O) groups excluding carboxylic acids is 2. The molecule has 0 atom stereocenters. The average molecular weight is 397 g/mol. The van der Waals surface area contributed by atoms with Crippen LogP contribution in [0.25, 0.3) is 0 Å². The summed E-state index contributed by atoms with van der Waals surface area (Å²) in [5.41, 5.74) is -3.28. The summed E-state index contributed by atoms with van der Waals surface area (Å²) in [5.74, 6) is -1.48. The van der Waals surface area contributed by atoms with Gasteiger partial charge < -0.3 is 5.32 Å². The van der Waals surface area contributed by atoms with Gasteiger partial charge in [-0.25, -0.2) is 0 Å². The van der Waals surface area contributed by atoms with E-state index in [1.54, 1.807) is 0 Å². The lowest BCUT2D eigenvalue weighted by Gasteiger charge is -2.20. The quantitative estimate of drug-likeness (QED) is 0.607. The van der Waals surface area contributed by atoms with Crippen LogP contribution in [0.1, 0.15) is 26.3 Å². The summed E-state index contributed by atoms with van der Waals surface area (Å²) >= 11 is 5.91. The van der Waals surface area contributed by atoms with Crippen molar-refractivity contribution in [1.82, 2.24) is 0 Å². The van der Waals surface area contributed by atoms with Crippen LogP contribution in [-0.4, -0.2) is 16.5 Å². The third kappa shape index (κ3) is 3.28. The highest BCUT2D eigenvalue weighted by molar-refractivity contribution is 6.50. The zero-order valence-electron chi connectivity index (χ0n) is 13.1. The molecule has 2 aromatic rings. The fraction of sp³-hybridized carbons (Fsp3) is 0.0588. The van der Waals surface area contributed by atoms with E-state index in [1.165, 1.54) is 24.3 Å². The van der Waals surface area contributed by atoms with Gasteiger partial charge in [-0.2, -0.15) is 13.2 Å². The lowest BCUT2D eigenvalue weighted by molar-refractivity contribution is -0.385. The van der Waals surface area contributed by atoms with E-state index >= 15 is 0 Å². The molecule has 0 radical (unpaired) electrons. The third-order valence-corrected chi connectivity index (χ3v) is 4.20. The summed E-state index contributed by atoms with van der Waals surface area (Å²) in [6, 6.07) is 7.72. The number of hydrogen-bond acceptors (Lipinski definition) is 5. The number of ketones is 2. The highest BCUT2D eigenvalue weighted by Gasteiger charge is 2.37. The first-order valence-electron chi connectivity index (χ1n) is 7.32. The number of rotatable bonds is 3. The first-order chi connectivity index (χ1) is 12.6. The van der Waals surface area contributed by atoms with Crippen molar-refractivity contribution in [2.45, 2.75) is 6.18 Å². The van der Waals surface area contributed by atoms with Crippen molar-refractivity contribution >= 4 is 34.5 Å². The van der Waals surface area contributed by atoms with Crippen LogP contribution in [0.4, 0.5) is 24.5 Å². The number of benzene rings is 2. The molecule has 27 heavy (non-hydrogen) atoms. The largest absolute Gasteiger partial charge is 0.418 e. The number of alkyl halides is 3. The van der Waals surface area contributed by atoms with E-state index in [0.717, 1.165) is 12.1 Å². The molecule has 0 aliphatic heterocycles. The molecule has 0 unspecified atom stereocenters. The smallest absolute Gasteiger partial charge is 0.350 e. The third-order valence-electron chi connectivity index (χ3n) is 3.84. The minimum atomic E-state index is -4.94. The standard InChI is InChI=1S/C17H8ClF3N2O4/c18-13-14(16(25)10-4-2-1-3-9(10)15(13)24)22-12-6-5-8(23(26)27)7-11(12)17(19,20)21/h1-7,22H. The second-order valence-corrected chi connectivity index (χ2v) is 5.88. The number of non-ortho nitro benzene ring substituents is 1. The van der Waals surface area contributed by atoms with Crippen LogP contribution in [0.3, 0.4) is 0 Å². The summed E-state index contributed by atoms with van der Waals surface area (Å²) in [4.78, 5) is 34.6. The highest BCUT2D eigenvalue weighted by Crippen LogP contribution is 2.39. The van der Waals surface area contributed by atoms with Crippen molar-refractivity contribution in [2.75, 3.05) is 5.32 Å². The number of nitro groups is 1. The molecule has 0 amide bonds. The molecule has 0 heterocycles. The van der Waals surface area contributed by atoms with E-state index in [0.29, 0.717) is 6.07 Å². The predicted molar refractivity (Wildman–Crippen MR) is 89.7 cm³/mol. The Morgan fingerprint density at radius 3 is 2.15 bits per heavy atom. The van der Waals surface area contributed by atoms with Gasteiger partial charge >= 0.3 is 6.18 Å². The van der Waals surface area contributed by atoms with E-state index in [2.05, 4.69) is 5.32 Å². The van der Waals surface area contributed by atoms with Crippen LogP contribution in [0, 0.1) is 10.1 Å². The van der Waals surface area contributed by atoms with E-state index in [1.807, 2.05) is 0 Å². The Morgan fingerprint density at radius 1 is 1.00 bits per heavy atom. The van der Waals surface area contributed by atoms with Gasteiger partial charge in [0.15, 0.2) is 0 Å². The van der Waals surface area contributed by atoms with Crippen molar-refractivity contribution in [3.05, 3.63) is 80.0 Å². The zero-order valence-corrected chi connectivity index (χ0v) is 13.9. The van der Waals surface area contributed by atoms with Crippen LogP contribution in [-0.2, 0) is 6.18 Å². The molecule has 0 bridgehead atoms. The molecule has 0 saturated heterocycles. The molecule has 0 aromatic heterocycles. The molecular formula is C17H8ClF3N2O4. The van der Waals surface area contributed by atoms with Gasteiger partial charge in [-0.15, -0.1) is 0 Å². The summed E-state index contributed by atoms with van der Waals surface area (Å²) in [5, 5.41) is 12.4. The number of nitrogens with one attached hydrogen (secondary N) is 1. The van der Waals surface area contributed by atoms with Gasteiger partial charge in [-0.3, -0.25) is 19.7 Å². The van der Waals surface area contributed by atoms with E-state index < -0.39 is 50.3 Å². The highest BCUT2D eigenvalue weighted by atomic mass is 35.5. The topological polar surface area (TPSA) is 89.3 Å². The Kier molecular flexibility index (Phi) is 4.48. The number of allylic oxidation sites excluding steroid dienone is 2. The summed E-state index contributed by atoms with van der Waals surface area (Å²) in [7, 11) is 0. The van der Waals surface area contributed by atoms with Gasteiger partial charge in [-0.1, -0.05) is 35.9 Å². The second-order valence-electron chi connectivity index (χ2n) is 5.50. The van der Waals surface area contributed by atoms with Crippen LogP contribution in [0.2, 0.25) is 0 Å². The van der Waals surface area contributed by atoms with Gasteiger partial charge in [-0.05, 0) is 6.07 Å². The number of anilines is 1. The molecule has 0 spiro atoms. The maximum atomic E-state index is 13.3. The van der Waals surface area contributed by atoms with Crippen LogP contribution in [0.15, 0.2) is 53.2 Å². The van der Waals surface area contributed by atoms with Crippen LogP contribution >= 0.6 is 11.6 Å². The number of fused-ring (bicyclic) bond motifs is 1. The van der Waals surface area contributed by atoms with Crippen molar-refractivity contribution in [3.8, 4) is 0 Å². The first kappa shape index (κ1) is 18.6. The first-order valence-corrected chi connectivity index (χ1v) is 7.70. The van der Waals surface area contributed by atoms with Gasteiger partial charge in [0, 0.05) is 23.3 Å². The number of hydrogen-bond donors (Lipinski definition) is 1. The van der Waals surface area contributed by atoms with Gasteiger partial charge in [0.1, 0.15) is 10.7 Å². The Bertz CT molecular complexity index is 1030. The van der Waals surface area contributed by atoms with Gasteiger partial charge in [0.25, 0.3) is 5.69 Å². The maximum absolute atomic E-state index is 13.3. The van der Waals surface area contributed by atoms with E-state index in [9.17, 15) is 32.9 Å². The van der Waals surface area contributed by atoms with Gasteiger partial charge in [0.2, 0.25) is 11.6 Å². The van der Waals surface area contributed by atoms with Crippen molar-refractivity contribution in [2.24, 2.45) is 0 Å². The van der Waals surface area contributed by atoms with E-state index in [4.69, 9.17) is 11.6 Å². The lowest BCUT2D eigenvalue weighted by atomic mass is 9.92. The fourth-order valence-corrected chi connectivity index (χ4v) is 2.82. The second kappa shape index (κ2) is 6.51. The number of Topliss-reactive ketones (excluding diaryl/α,β-unsaturated/α-hetero) is 2. The lowest BCUT2D eigenvalue weighted by Crippen LogP contribution is -2.25. The normalized spacial score (nSPS) is 14.2. The number of nitro benzene ring substituents is 1. The minimum Gasteiger partial charge on any atom is -0.350 e. The summed E-state index contributed by atoms with van der Waals surface area (Å²) < 4.78 is 39.9. The molecule has 2 aromatic carbocycles. The molecule has 10 heteroatoms. The molecule has 6 nitrogen and oxygen atoms in total. The van der Waals surface area contributed by atoms with E-state index in [-0.39, 0.29) is 11.1 Å². The molecular weight excluding hydrogens is 389 g/mol. The van der Waals surface area contributed by atoms with Crippen molar-refractivity contribution in [1.29, 1.82) is 0 Å². The number of carbonyl (C=O) groups is 2. The Hall–Kier alpha value is -3.20. The Labute approximate surface area is 154 Å². The van der Waals surface area contributed by atoms with Crippen LogP contribution in [0.5, 0.6) is 0 Å². The van der Waals surface area contributed by atoms with Crippen molar-refractivity contribution < 1.29 is 27.7 Å². The number of nitrogens with zero attached hydrogens (tertiary/aromatic N) is 1. The fourth-order valence-electron chi connectivity index (χ4n) is 2.58. The van der Waals surface area contributed by atoms with Gasteiger partial charge in [0.05, 0.1) is 16.2 Å². The minimum absolute atomic E-state index is 0.00938. The molecule has 1 N–H and O–H groups in total. The number of halogens is 4. The Balaban J connectivity index is 2.10. The maximum Gasteiger partial charge on any atom is 0.418 e. The molecule has 1 aliphatic carbocycles. The molecule has 0 fully saturated rings. The monoisotopic (exact) mass is 396 g/mol. The SMILES string of the molecule is O=C1C(Cl)=C(Nc2ccc([N+](=O)[O-])cc2C(F)(F)F)C(=O)c2ccccc21. The van der Waals surface area contributed by atoms with Crippen molar-refractivity contribution in [3.63, 3.8) is 0 Å². The average Bonchev–Trinajstić information content (AvgIpc) is 2.62.